The summed E-state index contributed by atoms with van der Waals surface area (Å²) in [6.45, 7) is 6.38. The van der Waals surface area contributed by atoms with Crippen LogP contribution in [0.25, 0.3) is 0 Å². The number of methoxy groups -OCH3 is 1. The van der Waals surface area contributed by atoms with Crippen LogP contribution in [-0.2, 0) is 47.7 Å². The zero-order chi connectivity index (χ0) is 26.4. The van der Waals surface area contributed by atoms with Crippen molar-refractivity contribution in [2.24, 2.45) is 0 Å². The zero-order valence-corrected chi connectivity index (χ0v) is 21.3. The second-order valence-electron chi connectivity index (χ2n) is 8.41. The average molecular weight is 502 g/mol. The minimum atomic E-state index is -1.26. The van der Waals surface area contributed by atoms with Crippen LogP contribution < -0.4 is 5.32 Å². The molecule has 0 aromatic rings. The highest BCUT2D eigenvalue weighted by atomic mass is 16.7. The predicted molar refractivity (Wildman–Crippen MR) is 123 cm³/mol. The monoisotopic (exact) mass is 501 g/mol. The topological polar surface area (TPSA) is 144 Å². The lowest BCUT2D eigenvalue weighted by Gasteiger charge is -2.30. The van der Waals surface area contributed by atoms with Crippen LogP contribution in [0.2, 0.25) is 0 Å². The Labute approximate surface area is 206 Å². The van der Waals surface area contributed by atoms with Crippen LogP contribution in [-0.4, -0.2) is 74.0 Å². The van der Waals surface area contributed by atoms with Crippen molar-refractivity contribution in [1.82, 2.24) is 5.32 Å². The molecule has 3 unspecified atom stereocenters. The molecule has 1 heterocycles. The van der Waals surface area contributed by atoms with Gasteiger partial charge in [0.15, 0.2) is 6.10 Å². The van der Waals surface area contributed by atoms with Crippen LogP contribution >= 0.6 is 0 Å². The van der Waals surface area contributed by atoms with Crippen molar-refractivity contribution in [1.29, 1.82) is 0 Å². The van der Waals surface area contributed by atoms with Crippen LogP contribution in [0.4, 0.5) is 0 Å². The normalized spacial score (nSPS) is 24.1. The smallest absolute Gasteiger partial charge is 0.307 e. The largest absolute Gasteiger partial charge is 0.463 e. The van der Waals surface area contributed by atoms with E-state index in [-0.39, 0.29) is 50.9 Å². The molecular weight excluding hydrogens is 462 g/mol. The Morgan fingerprint density at radius 1 is 0.886 bits per heavy atom. The first kappa shape index (κ1) is 30.5. The van der Waals surface area contributed by atoms with E-state index in [9.17, 15) is 24.0 Å². The number of nitrogens with one attached hydrogen (secondary N) is 1. The number of ketones is 1. The number of hydrogen-bond donors (Lipinski definition) is 1. The summed E-state index contributed by atoms with van der Waals surface area (Å²) in [4.78, 5) is 60.3. The van der Waals surface area contributed by atoms with Gasteiger partial charge in [0.05, 0.1) is 12.1 Å². The number of amides is 1. The van der Waals surface area contributed by atoms with E-state index in [0.717, 1.165) is 0 Å². The molecule has 1 aliphatic heterocycles. The fourth-order valence-corrected chi connectivity index (χ4v) is 3.48. The third-order valence-corrected chi connectivity index (χ3v) is 5.33. The minimum absolute atomic E-state index is 0.0507. The maximum Gasteiger partial charge on any atom is 0.307 e. The predicted octanol–water partition coefficient (Wildman–Crippen LogP) is 1.98. The Morgan fingerprint density at radius 3 is 2.11 bits per heavy atom. The Hall–Kier alpha value is -2.53. The minimum Gasteiger partial charge on any atom is -0.463 e. The molecule has 1 fully saturated rings. The van der Waals surface area contributed by atoms with Crippen LogP contribution in [0.5, 0.6) is 0 Å². The molecule has 0 spiro atoms. The molecule has 0 saturated carbocycles. The first-order chi connectivity index (χ1) is 16.6. The molecular formula is C24H39NO10. The van der Waals surface area contributed by atoms with Gasteiger partial charge in [-0.05, 0) is 19.8 Å². The van der Waals surface area contributed by atoms with Crippen molar-refractivity contribution < 1.29 is 47.7 Å². The number of ether oxygens (including phenoxy) is 5. The van der Waals surface area contributed by atoms with Gasteiger partial charge in [0.2, 0.25) is 12.2 Å². The molecule has 5 atom stereocenters. The fraction of sp³-hybridized carbons (Fsp3) is 0.792. The van der Waals surface area contributed by atoms with E-state index in [0.29, 0.717) is 12.8 Å². The first-order valence-corrected chi connectivity index (χ1v) is 12.2. The quantitative estimate of drug-likeness (QED) is 0.277. The van der Waals surface area contributed by atoms with Crippen molar-refractivity contribution in [3.8, 4) is 0 Å². The summed E-state index contributed by atoms with van der Waals surface area (Å²) in [6.07, 6.45) is -2.39. The molecule has 1 aliphatic rings. The van der Waals surface area contributed by atoms with Gasteiger partial charge >= 0.3 is 17.9 Å². The highest BCUT2D eigenvalue weighted by molar-refractivity contribution is 5.83. The van der Waals surface area contributed by atoms with E-state index in [1.165, 1.54) is 14.0 Å². The highest BCUT2D eigenvalue weighted by Crippen LogP contribution is 2.27. The molecule has 1 rings (SSSR count). The zero-order valence-electron chi connectivity index (χ0n) is 21.3. The summed E-state index contributed by atoms with van der Waals surface area (Å²) in [5.41, 5.74) is 0. The molecule has 1 amide bonds. The molecule has 0 aromatic heterocycles. The standard InChI is InChI=1S/C24H39NO10/c1-6-9-21(29)32-14-18-23(34-22(30)10-7-2)17(31-5)13-16(24(33-18)35-20(28)8-3)25-19(27)12-11-15(4)26/h16-18,23-24H,6-14H2,1-5H3,(H,25,27)/t16-,17-,18?,23?,24?/m1/s1. The number of esters is 3. The summed E-state index contributed by atoms with van der Waals surface area (Å²) in [7, 11) is 1.42. The fourth-order valence-electron chi connectivity index (χ4n) is 3.48. The van der Waals surface area contributed by atoms with E-state index in [4.69, 9.17) is 23.7 Å². The maximum atomic E-state index is 12.5. The third-order valence-electron chi connectivity index (χ3n) is 5.33. The van der Waals surface area contributed by atoms with E-state index < -0.39 is 54.5 Å². The highest BCUT2D eigenvalue weighted by Gasteiger charge is 2.45. The van der Waals surface area contributed by atoms with Crippen molar-refractivity contribution in [2.75, 3.05) is 13.7 Å². The van der Waals surface area contributed by atoms with Crippen LogP contribution in [0.15, 0.2) is 0 Å². The molecule has 35 heavy (non-hydrogen) atoms. The van der Waals surface area contributed by atoms with E-state index in [1.54, 1.807) is 6.92 Å². The lowest BCUT2D eigenvalue weighted by molar-refractivity contribution is -0.218. The van der Waals surface area contributed by atoms with Gasteiger partial charge in [-0.2, -0.15) is 0 Å². The van der Waals surface area contributed by atoms with Crippen LogP contribution in [0.3, 0.4) is 0 Å². The van der Waals surface area contributed by atoms with E-state index in [2.05, 4.69) is 5.32 Å². The lowest BCUT2D eigenvalue weighted by atomic mass is 10.0. The molecule has 11 nitrogen and oxygen atoms in total. The Morgan fingerprint density at radius 2 is 1.54 bits per heavy atom. The summed E-state index contributed by atoms with van der Waals surface area (Å²) in [6, 6.07) is -0.862. The Balaban J connectivity index is 3.25. The molecule has 200 valence electrons. The van der Waals surface area contributed by atoms with Gasteiger partial charge < -0.3 is 33.8 Å². The summed E-state index contributed by atoms with van der Waals surface area (Å²) in [5.74, 6) is -2.09. The van der Waals surface area contributed by atoms with Crippen molar-refractivity contribution in [2.45, 2.75) is 110 Å². The van der Waals surface area contributed by atoms with E-state index >= 15 is 0 Å². The second kappa shape index (κ2) is 16.2. The molecule has 0 aliphatic carbocycles. The third kappa shape index (κ3) is 11.2. The van der Waals surface area contributed by atoms with E-state index in [1.807, 2.05) is 13.8 Å². The van der Waals surface area contributed by atoms with Crippen LogP contribution in [0.1, 0.15) is 79.1 Å². The van der Waals surface area contributed by atoms with Crippen molar-refractivity contribution in [3.63, 3.8) is 0 Å². The second-order valence-corrected chi connectivity index (χ2v) is 8.41. The van der Waals surface area contributed by atoms with Gasteiger partial charge in [-0.15, -0.1) is 0 Å². The summed E-state index contributed by atoms with van der Waals surface area (Å²) < 4.78 is 28.0. The van der Waals surface area contributed by atoms with Gasteiger partial charge in [0, 0.05) is 45.6 Å². The maximum absolute atomic E-state index is 12.5. The molecule has 0 radical (unpaired) electrons. The first-order valence-electron chi connectivity index (χ1n) is 12.2. The molecule has 0 bridgehead atoms. The van der Waals surface area contributed by atoms with Gasteiger partial charge in [-0.25, -0.2) is 0 Å². The number of rotatable bonds is 14. The van der Waals surface area contributed by atoms with Crippen LogP contribution in [0, 0.1) is 0 Å². The van der Waals surface area contributed by atoms with Crippen molar-refractivity contribution >= 4 is 29.6 Å². The van der Waals surface area contributed by atoms with Crippen molar-refractivity contribution in [3.05, 3.63) is 0 Å². The number of carbonyl (C=O) groups excluding carboxylic acids is 5. The molecule has 0 aromatic carbocycles. The molecule has 1 saturated heterocycles. The number of Topliss-reactive ketones (excluding diaryl/α,β-unsaturated/α-hetero) is 1. The summed E-state index contributed by atoms with van der Waals surface area (Å²) in [5, 5.41) is 2.74. The number of hydrogen-bond acceptors (Lipinski definition) is 10. The molecule has 1 N–H and O–H groups in total. The Kier molecular flexibility index (Phi) is 14.1. The summed E-state index contributed by atoms with van der Waals surface area (Å²) >= 11 is 0. The Bertz CT molecular complexity index is 725. The SMILES string of the molecule is CCCC(=O)OCC1OC(OC(=O)CC)[C@H](NC(=O)CCC(C)=O)C[C@@H](OC)C1OC(=O)CCC. The number of carbonyl (C=O) groups is 5. The van der Waals surface area contributed by atoms with Gasteiger partial charge in [-0.1, -0.05) is 20.8 Å². The van der Waals surface area contributed by atoms with Gasteiger partial charge in [0.1, 0.15) is 18.5 Å². The van der Waals surface area contributed by atoms with Gasteiger partial charge in [-0.3, -0.25) is 19.2 Å². The molecule has 11 heteroatoms. The lowest BCUT2D eigenvalue weighted by Crippen LogP contribution is -2.47. The average Bonchev–Trinajstić information content (AvgIpc) is 2.93. The van der Waals surface area contributed by atoms with Gasteiger partial charge in [0.25, 0.3) is 0 Å².